The van der Waals surface area contributed by atoms with Gasteiger partial charge >= 0.3 is 5.97 Å². The van der Waals surface area contributed by atoms with Crippen LogP contribution in [0.25, 0.3) is 0 Å². The van der Waals surface area contributed by atoms with E-state index in [1.165, 1.54) is 0 Å². The molecule has 0 aliphatic carbocycles. The lowest BCUT2D eigenvalue weighted by molar-refractivity contribution is -0.143. The molecule has 0 fully saturated rings. The number of hydrogen-bond donors (Lipinski definition) is 2. The van der Waals surface area contributed by atoms with Crippen molar-refractivity contribution < 1.29 is 19.7 Å². The molecule has 0 aromatic carbocycles. The Balaban J connectivity index is 3.11. The van der Waals surface area contributed by atoms with E-state index >= 15 is 0 Å². The number of ether oxygens (including phenoxy) is 1. The van der Waals surface area contributed by atoms with Crippen LogP contribution < -0.4 is 0 Å². The minimum Gasteiger partial charge on any atom is -0.466 e. The molecule has 0 aromatic rings. The number of rotatable bonds is 11. The van der Waals surface area contributed by atoms with Crippen LogP contribution >= 0.6 is 0 Å². The standard InChI is InChI=1S/C12H24O4/c13-9-5-3-1-2-4-8-12(15)16-11-7-6-10-14/h13-14H,1-11H2. The van der Waals surface area contributed by atoms with Crippen molar-refractivity contribution in [1.29, 1.82) is 0 Å². The Labute approximate surface area is 97.6 Å². The maximum absolute atomic E-state index is 11.2. The molecule has 0 aliphatic heterocycles. The number of unbranched alkanes of at least 4 members (excludes halogenated alkanes) is 5. The van der Waals surface area contributed by atoms with Crippen molar-refractivity contribution in [3.63, 3.8) is 0 Å². The summed E-state index contributed by atoms with van der Waals surface area (Å²) in [6.45, 7) is 0.833. The summed E-state index contributed by atoms with van der Waals surface area (Å²) in [5.41, 5.74) is 0. The van der Waals surface area contributed by atoms with E-state index in [4.69, 9.17) is 14.9 Å². The maximum atomic E-state index is 11.2. The van der Waals surface area contributed by atoms with Crippen molar-refractivity contribution in [3.8, 4) is 0 Å². The third-order valence-electron chi connectivity index (χ3n) is 2.35. The van der Waals surface area contributed by atoms with Crippen LogP contribution in [0.1, 0.15) is 51.4 Å². The molecule has 0 atom stereocenters. The summed E-state index contributed by atoms with van der Waals surface area (Å²) in [6, 6.07) is 0. The van der Waals surface area contributed by atoms with Gasteiger partial charge in [-0.1, -0.05) is 19.3 Å². The SMILES string of the molecule is O=C(CCCCCCCO)OCCCCO. The molecule has 4 heteroatoms. The highest BCUT2D eigenvalue weighted by atomic mass is 16.5. The third kappa shape index (κ3) is 11.5. The fourth-order valence-electron chi connectivity index (χ4n) is 1.38. The van der Waals surface area contributed by atoms with Gasteiger partial charge in [-0.3, -0.25) is 4.79 Å². The van der Waals surface area contributed by atoms with Crippen LogP contribution in [-0.2, 0) is 9.53 Å². The lowest BCUT2D eigenvalue weighted by atomic mass is 10.1. The van der Waals surface area contributed by atoms with E-state index in [0.717, 1.165) is 38.5 Å². The molecule has 0 saturated carbocycles. The number of esters is 1. The van der Waals surface area contributed by atoms with Gasteiger partial charge in [0.25, 0.3) is 0 Å². The van der Waals surface area contributed by atoms with Crippen molar-refractivity contribution in [2.45, 2.75) is 51.4 Å². The first-order valence-electron chi connectivity index (χ1n) is 6.18. The van der Waals surface area contributed by atoms with Gasteiger partial charge in [0.05, 0.1) is 6.61 Å². The summed E-state index contributed by atoms with van der Waals surface area (Å²) in [5.74, 6) is -0.139. The van der Waals surface area contributed by atoms with Crippen LogP contribution in [0, 0.1) is 0 Å². The summed E-state index contributed by atoms with van der Waals surface area (Å²) in [5, 5.41) is 17.1. The van der Waals surface area contributed by atoms with Crippen molar-refractivity contribution in [3.05, 3.63) is 0 Å². The minimum absolute atomic E-state index is 0.139. The Morgan fingerprint density at radius 2 is 1.38 bits per heavy atom. The Kier molecular flexibility index (Phi) is 12.0. The minimum atomic E-state index is -0.139. The Morgan fingerprint density at radius 3 is 2.06 bits per heavy atom. The van der Waals surface area contributed by atoms with E-state index < -0.39 is 0 Å². The van der Waals surface area contributed by atoms with Crippen LogP contribution in [0.5, 0.6) is 0 Å². The molecule has 4 nitrogen and oxygen atoms in total. The average Bonchev–Trinajstić information content (AvgIpc) is 2.29. The number of carbonyl (C=O) groups is 1. The first-order chi connectivity index (χ1) is 7.81. The normalized spacial score (nSPS) is 10.4. The highest BCUT2D eigenvalue weighted by Crippen LogP contribution is 2.06. The second-order valence-electron chi connectivity index (χ2n) is 3.89. The second kappa shape index (κ2) is 12.5. The molecule has 0 amide bonds. The summed E-state index contributed by atoms with van der Waals surface area (Å²) in [6.07, 6.45) is 6.74. The number of hydrogen-bond acceptors (Lipinski definition) is 4. The van der Waals surface area contributed by atoms with Crippen molar-refractivity contribution in [2.24, 2.45) is 0 Å². The van der Waals surface area contributed by atoms with Crippen LogP contribution in [-0.4, -0.2) is 36.0 Å². The zero-order valence-electron chi connectivity index (χ0n) is 9.99. The Bertz CT molecular complexity index is 159. The largest absolute Gasteiger partial charge is 0.466 e. The molecule has 0 rings (SSSR count). The molecule has 0 aliphatic rings. The lowest BCUT2D eigenvalue weighted by Crippen LogP contribution is -2.06. The van der Waals surface area contributed by atoms with Gasteiger partial charge in [-0.25, -0.2) is 0 Å². The van der Waals surface area contributed by atoms with Crippen LogP contribution in [0.3, 0.4) is 0 Å². The Hall–Kier alpha value is -0.610. The number of carbonyl (C=O) groups excluding carboxylic acids is 1. The molecule has 0 aromatic heterocycles. The van der Waals surface area contributed by atoms with E-state index in [1.807, 2.05) is 0 Å². The summed E-state index contributed by atoms with van der Waals surface area (Å²) >= 11 is 0. The summed E-state index contributed by atoms with van der Waals surface area (Å²) < 4.78 is 4.98. The van der Waals surface area contributed by atoms with Crippen LogP contribution in [0.2, 0.25) is 0 Å². The zero-order chi connectivity index (χ0) is 12.1. The second-order valence-corrected chi connectivity index (χ2v) is 3.89. The van der Waals surface area contributed by atoms with E-state index in [9.17, 15) is 4.79 Å². The first-order valence-corrected chi connectivity index (χ1v) is 6.18. The monoisotopic (exact) mass is 232 g/mol. The van der Waals surface area contributed by atoms with Crippen LogP contribution in [0.15, 0.2) is 0 Å². The van der Waals surface area contributed by atoms with Crippen molar-refractivity contribution >= 4 is 5.97 Å². The van der Waals surface area contributed by atoms with E-state index in [0.29, 0.717) is 19.4 Å². The molecule has 2 N–H and O–H groups in total. The quantitative estimate of drug-likeness (QED) is 0.420. The predicted molar refractivity (Wildman–Crippen MR) is 62.1 cm³/mol. The number of aliphatic hydroxyl groups excluding tert-OH is 2. The molecule has 16 heavy (non-hydrogen) atoms. The molecular weight excluding hydrogens is 208 g/mol. The van der Waals surface area contributed by atoms with Gasteiger partial charge in [0, 0.05) is 19.6 Å². The van der Waals surface area contributed by atoms with Gasteiger partial charge < -0.3 is 14.9 Å². The van der Waals surface area contributed by atoms with Gasteiger partial charge in [-0.05, 0) is 25.7 Å². The molecule has 0 heterocycles. The molecular formula is C12H24O4. The average molecular weight is 232 g/mol. The summed E-state index contributed by atoms with van der Waals surface area (Å²) in [4.78, 5) is 11.2. The fourth-order valence-corrected chi connectivity index (χ4v) is 1.38. The number of aliphatic hydroxyl groups is 2. The van der Waals surface area contributed by atoms with Crippen LogP contribution in [0.4, 0.5) is 0 Å². The smallest absolute Gasteiger partial charge is 0.305 e. The molecule has 0 radical (unpaired) electrons. The molecule has 0 unspecified atom stereocenters. The van der Waals surface area contributed by atoms with E-state index in [2.05, 4.69) is 0 Å². The predicted octanol–water partition coefficient (Wildman–Crippen LogP) is 1.64. The lowest BCUT2D eigenvalue weighted by Gasteiger charge is -2.04. The highest BCUT2D eigenvalue weighted by Gasteiger charge is 2.01. The Morgan fingerprint density at radius 1 is 0.812 bits per heavy atom. The van der Waals surface area contributed by atoms with Gasteiger partial charge in [-0.15, -0.1) is 0 Å². The van der Waals surface area contributed by atoms with Gasteiger partial charge in [0.1, 0.15) is 0 Å². The molecule has 0 saturated heterocycles. The van der Waals surface area contributed by atoms with E-state index in [-0.39, 0.29) is 19.2 Å². The van der Waals surface area contributed by atoms with Gasteiger partial charge in [0.15, 0.2) is 0 Å². The topological polar surface area (TPSA) is 66.8 Å². The molecule has 96 valence electrons. The molecule has 0 bridgehead atoms. The third-order valence-corrected chi connectivity index (χ3v) is 2.35. The first kappa shape index (κ1) is 15.4. The fraction of sp³-hybridized carbons (Fsp3) is 0.917. The van der Waals surface area contributed by atoms with Gasteiger partial charge in [0.2, 0.25) is 0 Å². The van der Waals surface area contributed by atoms with Crippen molar-refractivity contribution in [1.82, 2.24) is 0 Å². The maximum Gasteiger partial charge on any atom is 0.305 e. The highest BCUT2D eigenvalue weighted by molar-refractivity contribution is 5.69. The zero-order valence-corrected chi connectivity index (χ0v) is 9.99. The van der Waals surface area contributed by atoms with Crippen molar-refractivity contribution in [2.75, 3.05) is 19.8 Å². The molecule has 0 spiro atoms. The summed E-state index contributed by atoms with van der Waals surface area (Å²) in [7, 11) is 0. The van der Waals surface area contributed by atoms with Gasteiger partial charge in [-0.2, -0.15) is 0 Å². The van der Waals surface area contributed by atoms with E-state index in [1.54, 1.807) is 0 Å².